The molecule has 1 unspecified atom stereocenters. The third-order valence-electron chi connectivity index (χ3n) is 2.55. The number of hydrogen-bond donors (Lipinski definition) is 2. The Labute approximate surface area is 112 Å². The van der Waals surface area contributed by atoms with E-state index in [9.17, 15) is 4.79 Å². The van der Waals surface area contributed by atoms with Gasteiger partial charge in [-0.25, -0.2) is 4.98 Å². The van der Waals surface area contributed by atoms with Gasteiger partial charge in [0.15, 0.2) is 0 Å². The second-order valence-electron chi connectivity index (χ2n) is 4.35. The van der Waals surface area contributed by atoms with E-state index in [4.69, 9.17) is 22.1 Å². The molecule has 1 aromatic rings. The summed E-state index contributed by atoms with van der Waals surface area (Å²) >= 11 is 5.92. The van der Waals surface area contributed by atoms with Crippen molar-refractivity contribution in [3.63, 3.8) is 0 Å². The number of nitrogen functional groups attached to an aromatic ring is 1. The van der Waals surface area contributed by atoms with Gasteiger partial charge in [-0.2, -0.15) is 0 Å². The molecule has 1 aromatic heterocycles. The highest BCUT2D eigenvalue weighted by Gasteiger charge is 2.19. The van der Waals surface area contributed by atoms with E-state index in [0.29, 0.717) is 6.61 Å². The van der Waals surface area contributed by atoms with E-state index in [0.717, 1.165) is 0 Å². The predicted molar refractivity (Wildman–Crippen MR) is 71.6 cm³/mol. The zero-order valence-corrected chi connectivity index (χ0v) is 11.5. The molecule has 0 fully saturated rings. The average molecular weight is 272 g/mol. The van der Waals surface area contributed by atoms with Crippen molar-refractivity contribution in [1.82, 2.24) is 10.3 Å². The second kappa shape index (κ2) is 6.56. The SMILES string of the molecule is COCC(NC(=O)c1nc(N)ccc1Cl)C(C)C. The first-order valence-electron chi connectivity index (χ1n) is 5.67. The Hall–Kier alpha value is -1.33. The van der Waals surface area contributed by atoms with Crippen LogP contribution in [0.3, 0.4) is 0 Å². The molecular weight excluding hydrogens is 254 g/mol. The highest BCUT2D eigenvalue weighted by atomic mass is 35.5. The minimum atomic E-state index is -0.344. The van der Waals surface area contributed by atoms with Crippen LogP contribution < -0.4 is 11.1 Å². The number of aromatic nitrogens is 1. The van der Waals surface area contributed by atoms with Crippen LogP contribution in [0.2, 0.25) is 5.02 Å². The van der Waals surface area contributed by atoms with E-state index in [2.05, 4.69) is 10.3 Å². The van der Waals surface area contributed by atoms with Crippen molar-refractivity contribution in [2.24, 2.45) is 5.92 Å². The Bertz CT molecular complexity index is 424. The number of rotatable bonds is 5. The molecule has 100 valence electrons. The van der Waals surface area contributed by atoms with Gasteiger partial charge in [-0.05, 0) is 18.1 Å². The summed E-state index contributed by atoms with van der Waals surface area (Å²) in [4.78, 5) is 16.0. The van der Waals surface area contributed by atoms with E-state index in [1.54, 1.807) is 19.2 Å². The van der Waals surface area contributed by atoms with E-state index in [-0.39, 0.29) is 34.4 Å². The van der Waals surface area contributed by atoms with Crippen molar-refractivity contribution in [2.45, 2.75) is 19.9 Å². The number of hydrogen-bond acceptors (Lipinski definition) is 4. The van der Waals surface area contributed by atoms with Gasteiger partial charge in [0.1, 0.15) is 11.5 Å². The monoisotopic (exact) mass is 271 g/mol. The molecule has 0 aliphatic heterocycles. The van der Waals surface area contributed by atoms with E-state index < -0.39 is 0 Å². The third-order valence-corrected chi connectivity index (χ3v) is 2.86. The molecular formula is C12H18ClN3O2. The topological polar surface area (TPSA) is 77.2 Å². The van der Waals surface area contributed by atoms with Crippen molar-refractivity contribution in [2.75, 3.05) is 19.5 Å². The van der Waals surface area contributed by atoms with Crippen LogP contribution in [0.5, 0.6) is 0 Å². The maximum Gasteiger partial charge on any atom is 0.271 e. The molecule has 0 saturated heterocycles. The van der Waals surface area contributed by atoms with Gasteiger partial charge >= 0.3 is 0 Å². The number of pyridine rings is 1. The summed E-state index contributed by atoms with van der Waals surface area (Å²) in [6.07, 6.45) is 0. The summed E-state index contributed by atoms with van der Waals surface area (Å²) < 4.78 is 5.06. The summed E-state index contributed by atoms with van der Waals surface area (Å²) in [6, 6.07) is 3.01. The summed E-state index contributed by atoms with van der Waals surface area (Å²) in [5, 5.41) is 3.11. The molecule has 0 aliphatic rings. The standard InChI is InChI=1S/C12H18ClN3O2/c1-7(2)9(6-18-3)15-12(17)11-8(13)4-5-10(14)16-11/h4-5,7,9H,6H2,1-3H3,(H2,14,16)(H,15,17). The molecule has 0 bridgehead atoms. The molecule has 1 amide bonds. The predicted octanol–water partition coefficient (Wildman–Crippen LogP) is 1.72. The molecule has 5 nitrogen and oxygen atoms in total. The van der Waals surface area contributed by atoms with Crippen LogP contribution in [0, 0.1) is 5.92 Å². The molecule has 0 spiro atoms. The number of nitrogens with one attached hydrogen (secondary N) is 1. The van der Waals surface area contributed by atoms with Crippen molar-refractivity contribution in [1.29, 1.82) is 0 Å². The third kappa shape index (κ3) is 3.85. The average Bonchev–Trinajstić information content (AvgIpc) is 2.31. The van der Waals surface area contributed by atoms with Gasteiger partial charge in [0.25, 0.3) is 5.91 Å². The molecule has 1 rings (SSSR count). The first kappa shape index (κ1) is 14.7. The van der Waals surface area contributed by atoms with Crippen LogP contribution >= 0.6 is 11.6 Å². The second-order valence-corrected chi connectivity index (χ2v) is 4.75. The van der Waals surface area contributed by atoms with Gasteiger partial charge in [0, 0.05) is 7.11 Å². The van der Waals surface area contributed by atoms with Gasteiger partial charge in [0.05, 0.1) is 17.7 Å². The Morgan fingerprint density at radius 3 is 2.78 bits per heavy atom. The molecule has 3 N–H and O–H groups in total. The molecule has 0 aliphatic carbocycles. The summed E-state index contributed by atoms with van der Waals surface area (Å²) in [7, 11) is 1.59. The number of halogens is 1. The van der Waals surface area contributed by atoms with Crippen LogP contribution in [0.1, 0.15) is 24.3 Å². The highest BCUT2D eigenvalue weighted by Crippen LogP contribution is 2.15. The van der Waals surface area contributed by atoms with E-state index in [1.165, 1.54) is 0 Å². The smallest absolute Gasteiger partial charge is 0.271 e. The number of ether oxygens (including phenoxy) is 1. The summed E-state index contributed by atoms with van der Waals surface area (Å²) in [5.41, 5.74) is 5.68. The molecule has 18 heavy (non-hydrogen) atoms. The van der Waals surface area contributed by atoms with Gasteiger partial charge in [-0.3, -0.25) is 4.79 Å². The lowest BCUT2D eigenvalue weighted by Gasteiger charge is -2.21. The largest absolute Gasteiger partial charge is 0.384 e. The lowest BCUT2D eigenvalue weighted by atomic mass is 10.1. The first-order valence-corrected chi connectivity index (χ1v) is 6.05. The van der Waals surface area contributed by atoms with Crippen LogP contribution in [0.4, 0.5) is 5.82 Å². The normalized spacial score (nSPS) is 12.5. The number of anilines is 1. The molecule has 0 radical (unpaired) electrons. The Morgan fingerprint density at radius 1 is 1.56 bits per heavy atom. The lowest BCUT2D eigenvalue weighted by molar-refractivity contribution is 0.0862. The minimum Gasteiger partial charge on any atom is -0.384 e. The Kier molecular flexibility index (Phi) is 5.37. The van der Waals surface area contributed by atoms with Crippen LogP contribution in [0.15, 0.2) is 12.1 Å². The van der Waals surface area contributed by atoms with Crippen molar-refractivity contribution in [3.8, 4) is 0 Å². The molecule has 0 aromatic carbocycles. The van der Waals surface area contributed by atoms with E-state index >= 15 is 0 Å². The van der Waals surface area contributed by atoms with Crippen molar-refractivity contribution >= 4 is 23.3 Å². The molecule has 1 heterocycles. The fourth-order valence-corrected chi connectivity index (χ4v) is 1.62. The van der Waals surface area contributed by atoms with Crippen molar-refractivity contribution < 1.29 is 9.53 Å². The molecule has 1 atom stereocenters. The summed E-state index contributed by atoms with van der Waals surface area (Å²) in [6.45, 7) is 4.43. The number of nitrogens with zero attached hydrogens (tertiary/aromatic N) is 1. The number of methoxy groups -OCH3 is 1. The molecule has 6 heteroatoms. The highest BCUT2D eigenvalue weighted by molar-refractivity contribution is 6.33. The zero-order valence-electron chi connectivity index (χ0n) is 10.7. The van der Waals surface area contributed by atoms with Gasteiger partial charge in [-0.1, -0.05) is 25.4 Å². The maximum absolute atomic E-state index is 12.0. The quantitative estimate of drug-likeness (QED) is 0.855. The lowest BCUT2D eigenvalue weighted by Crippen LogP contribution is -2.42. The van der Waals surface area contributed by atoms with Gasteiger partial charge < -0.3 is 15.8 Å². The van der Waals surface area contributed by atoms with Crippen LogP contribution in [0.25, 0.3) is 0 Å². The molecule has 0 saturated carbocycles. The number of carbonyl (C=O) groups is 1. The van der Waals surface area contributed by atoms with Crippen LogP contribution in [-0.2, 0) is 4.74 Å². The summed E-state index contributed by atoms with van der Waals surface area (Å²) in [5.74, 6) is 0.161. The van der Waals surface area contributed by atoms with Crippen molar-refractivity contribution in [3.05, 3.63) is 22.8 Å². The number of amides is 1. The fraction of sp³-hybridized carbons (Fsp3) is 0.500. The minimum absolute atomic E-state index is 0.0956. The van der Waals surface area contributed by atoms with Crippen LogP contribution in [-0.4, -0.2) is 30.6 Å². The maximum atomic E-state index is 12.0. The number of carbonyl (C=O) groups excluding carboxylic acids is 1. The van der Waals surface area contributed by atoms with Gasteiger partial charge in [-0.15, -0.1) is 0 Å². The Morgan fingerprint density at radius 2 is 2.22 bits per heavy atom. The van der Waals surface area contributed by atoms with Gasteiger partial charge in [0.2, 0.25) is 0 Å². The fourth-order valence-electron chi connectivity index (χ4n) is 1.43. The zero-order chi connectivity index (χ0) is 13.7. The Balaban J connectivity index is 2.83. The first-order chi connectivity index (χ1) is 8.45. The number of nitrogens with two attached hydrogens (primary N) is 1. The van der Waals surface area contributed by atoms with E-state index in [1.807, 2.05) is 13.8 Å².